The Bertz CT molecular complexity index is 529. The van der Waals surface area contributed by atoms with Crippen LogP contribution in [0.5, 0.6) is 0 Å². The fraction of sp³-hybridized carbons (Fsp3) is 0.571. The van der Waals surface area contributed by atoms with Crippen LogP contribution in [0.1, 0.15) is 32.1 Å². The maximum Gasteiger partial charge on any atom is 0.411 e. The molecule has 3 rings (SSSR count). The number of nitrogens with zero attached hydrogens (tertiary/aromatic N) is 1. The van der Waals surface area contributed by atoms with Gasteiger partial charge >= 0.3 is 12.2 Å². The van der Waals surface area contributed by atoms with Crippen molar-refractivity contribution in [2.75, 3.05) is 11.9 Å². The number of hydrogen-bond donors (Lipinski definition) is 2. The first-order valence-electron chi connectivity index (χ1n) is 7.09. The quantitative estimate of drug-likeness (QED) is 0.897. The van der Waals surface area contributed by atoms with E-state index in [4.69, 9.17) is 4.74 Å². The highest BCUT2D eigenvalue weighted by molar-refractivity contribution is 7.08. The molecule has 2 saturated heterocycles. The zero-order valence-electron chi connectivity index (χ0n) is 11.6. The second-order valence-electron chi connectivity index (χ2n) is 5.67. The summed E-state index contributed by atoms with van der Waals surface area (Å²) in [4.78, 5) is 24.8. The van der Waals surface area contributed by atoms with Gasteiger partial charge in [-0.3, -0.25) is 10.2 Å². The van der Waals surface area contributed by atoms with Gasteiger partial charge in [-0.2, -0.15) is 11.3 Å². The van der Waals surface area contributed by atoms with Gasteiger partial charge in [0.25, 0.3) is 0 Å². The highest BCUT2D eigenvalue weighted by Crippen LogP contribution is 2.44. The lowest BCUT2D eigenvalue weighted by Crippen LogP contribution is -2.55. The molecule has 2 fully saturated rings. The van der Waals surface area contributed by atoms with E-state index in [-0.39, 0.29) is 12.6 Å². The number of fused-ring (bicyclic) bond motifs is 2. The van der Waals surface area contributed by atoms with Gasteiger partial charge in [0.15, 0.2) is 0 Å². The van der Waals surface area contributed by atoms with E-state index in [2.05, 4.69) is 5.32 Å². The lowest BCUT2D eigenvalue weighted by atomic mass is 9.89. The Balaban J connectivity index is 1.63. The highest BCUT2D eigenvalue weighted by Gasteiger charge is 2.52. The minimum atomic E-state index is -0.904. The highest BCUT2D eigenvalue weighted by atomic mass is 32.1. The van der Waals surface area contributed by atoms with Crippen molar-refractivity contribution in [1.82, 2.24) is 4.90 Å². The van der Waals surface area contributed by atoms with E-state index in [1.54, 1.807) is 6.07 Å². The molecule has 2 bridgehead atoms. The summed E-state index contributed by atoms with van der Waals surface area (Å²) in [6, 6.07) is 1.87. The maximum absolute atomic E-state index is 11.8. The number of hydrogen-bond acceptors (Lipinski definition) is 4. The molecule has 2 atom stereocenters. The molecule has 1 aromatic rings. The molecule has 0 radical (unpaired) electrons. The molecule has 2 aliphatic rings. The first kappa shape index (κ1) is 14.2. The fourth-order valence-corrected chi connectivity index (χ4v) is 4.11. The Morgan fingerprint density at radius 2 is 2.33 bits per heavy atom. The van der Waals surface area contributed by atoms with Crippen molar-refractivity contribution in [3.63, 3.8) is 0 Å². The van der Waals surface area contributed by atoms with Crippen LogP contribution in [0.2, 0.25) is 0 Å². The van der Waals surface area contributed by atoms with Crippen LogP contribution in [0.25, 0.3) is 0 Å². The number of amides is 2. The lowest BCUT2D eigenvalue weighted by molar-refractivity contribution is 0.0110. The van der Waals surface area contributed by atoms with Crippen LogP contribution < -0.4 is 5.32 Å². The Morgan fingerprint density at radius 3 is 3.05 bits per heavy atom. The zero-order chi connectivity index (χ0) is 14.9. The van der Waals surface area contributed by atoms with Crippen LogP contribution >= 0.6 is 11.3 Å². The molecule has 2 N–H and O–H groups in total. The fourth-order valence-electron chi connectivity index (χ4n) is 3.52. The Morgan fingerprint density at radius 1 is 1.48 bits per heavy atom. The number of rotatable bonds is 3. The van der Waals surface area contributed by atoms with Gasteiger partial charge < -0.3 is 9.84 Å². The molecule has 7 heteroatoms. The molecule has 21 heavy (non-hydrogen) atoms. The molecular weight excluding hydrogens is 292 g/mol. The largest absolute Gasteiger partial charge is 0.465 e. The first-order valence-corrected chi connectivity index (χ1v) is 8.03. The minimum absolute atomic E-state index is 0.0831. The van der Waals surface area contributed by atoms with Crippen LogP contribution in [0.15, 0.2) is 16.8 Å². The van der Waals surface area contributed by atoms with Crippen LogP contribution in [-0.2, 0) is 4.74 Å². The molecule has 3 heterocycles. The van der Waals surface area contributed by atoms with Crippen LogP contribution in [0.3, 0.4) is 0 Å². The normalized spacial score (nSPS) is 27.4. The number of carbonyl (C=O) groups is 2. The summed E-state index contributed by atoms with van der Waals surface area (Å²) in [6.45, 7) is 0.131. The summed E-state index contributed by atoms with van der Waals surface area (Å²) in [5.74, 6) is 0. The molecule has 1 aromatic heterocycles. The summed E-state index contributed by atoms with van der Waals surface area (Å²) in [5, 5.41) is 15.8. The number of piperidine rings is 1. The van der Waals surface area contributed by atoms with Gasteiger partial charge in [-0.1, -0.05) is 0 Å². The van der Waals surface area contributed by atoms with Gasteiger partial charge in [0.1, 0.15) is 6.61 Å². The van der Waals surface area contributed by atoms with E-state index < -0.39 is 17.7 Å². The molecular formula is C14H18N2O4S. The summed E-state index contributed by atoms with van der Waals surface area (Å²) in [6.07, 6.45) is 2.87. The molecule has 0 aliphatic carbocycles. The van der Waals surface area contributed by atoms with E-state index in [0.717, 1.165) is 32.1 Å². The molecule has 0 unspecified atom stereocenters. The summed E-state index contributed by atoms with van der Waals surface area (Å²) >= 11 is 1.49. The van der Waals surface area contributed by atoms with Crippen molar-refractivity contribution >= 4 is 29.2 Å². The number of carbonyl (C=O) groups excluding carboxylic acids is 1. The number of thiophene rings is 1. The molecule has 0 saturated carbocycles. The molecule has 6 nitrogen and oxygen atoms in total. The molecule has 114 valence electrons. The Hall–Kier alpha value is -1.76. The number of carboxylic acid groups (broad SMARTS) is 1. The van der Waals surface area contributed by atoms with E-state index in [0.29, 0.717) is 5.69 Å². The number of anilines is 1. The average molecular weight is 310 g/mol. The third-order valence-electron chi connectivity index (χ3n) is 4.44. The SMILES string of the molecule is O=C(Nc1ccsc1)OC[C@]12CCC[C@H](CC1)N2C(=O)O. The third kappa shape index (κ3) is 2.70. The standard InChI is InChI=1S/C14H18N2O4S/c17-12(15-10-4-7-21-8-10)20-9-14-5-1-2-11(3-6-14)16(14)13(18)19/h4,7-8,11H,1-3,5-6,9H2,(H,15,17)(H,18,19)/t11-,14+/m1/s1. The molecule has 0 aromatic carbocycles. The average Bonchev–Trinajstić information content (AvgIpc) is 3.02. The molecule has 2 amide bonds. The Labute approximate surface area is 126 Å². The zero-order valence-corrected chi connectivity index (χ0v) is 12.4. The predicted molar refractivity (Wildman–Crippen MR) is 78.8 cm³/mol. The van der Waals surface area contributed by atoms with E-state index in [1.165, 1.54) is 16.2 Å². The smallest absolute Gasteiger partial charge is 0.411 e. The molecule has 0 spiro atoms. The third-order valence-corrected chi connectivity index (χ3v) is 5.13. The van der Waals surface area contributed by atoms with Crippen molar-refractivity contribution in [2.24, 2.45) is 0 Å². The van der Waals surface area contributed by atoms with E-state index >= 15 is 0 Å². The van der Waals surface area contributed by atoms with Gasteiger partial charge in [-0.15, -0.1) is 0 Å². The topological polar surface area (TPSA) is 78.9 Å². The van der Waals surface area contributed by atoms with Gasteiger partial charge in [-0.25, -0.2) is 9.59 Å². The maximum atomic E-state index is 11.8. The van der Waals surface area contributed by atoms with Crippen LogP contribution in [0, 0.1) is 0 Å². The van der Waals surface area contributed by atoms with E-state index in [9.17, 15) is 14.7 Å². The van der Waals surface area contributed by atoms with Crippen LogP contribution in [-0.4, -0.2) is 40.4 Å². The van der Waals surface area contributed by atoms with Gasteiger partial charge in [0.2, 0.25) is 0 Å². The van der Waals surface area contributed by atoms with Gasteiger partial charge in [0, 0.05) is 11.4 Å². The van der Waals surface area contributed by atoms with Crippen molar-refractivity contribution < 1.29 is 19.4 Å². The predicted octanol–water partition coefficient (Wildman–Crippen LogP) is 3.36. The van der Waals surface area contributed by atoms with Gasteiger partial charge in [0.05, 0.1) is 11.2 Å². The van der Waals surface area contributed by atoms with Crippen molar-refractivity contribution in [1.29, 1.82) is 0 Å². The van der Waals surface area contributed by atoms with Crippen LogP contribution in [0.4, 0.5) is 15.3 Å². The second kappa shape index (κ2) is 5.55. The monoisotopic (exact) mass is 310 g/mol. The second-order valence-corrected chi connectivity index (χ2v) is 6.45. The van der Waals surface area contributed by atoms with Crippen molar-refractivity contribution in [2.45, 2.75) is 43.7 Å². The number of nitrogens with one attached hydrogen (secondary N) is 1. The van der Waals surface area contributed by atoms with E-state index in [1.807, 2.05) is 10.8 Å². The summed E-state index contributed by atoms with van der Waals surface area (Å²) in [7, 11) is 0. The van der Waals surface area contributed by atoms with Gasteiger partial charge in [-0.05, 0) is 43.6 Å². The number of ether oxygens (including phenoxy) is 1. The first-order chi connectivity index (χ1) is 10.1. The summed E-state index contributed by atoms with van der Waals surface area (Å²) < 4.78 is 5.31. The summed E-state index contributed by atoms with van der Waals surface area (Å²) in [5.41, 5.74) is 0.173. The lowest BCUT2D eigenvalue weighted by Gasteiger charge is -2.42. The van der Waals surface area contributed by atoms with Crippen molar-refractivity contribution in [3.05, 3.63) is 16.8 Å². The van der Waals surface area contributed by atoms with Crippen molar-refractivity contribution in [3.8, 4) is 0 Å². The minimum Gasteiger partial charge on any atom is -0.465 e. The molecule has 2 aliphatic heterocycles. The Kier molecular flexibility index (Phi) is 3.75.